The molecule has 0 bridgehead atoms. The summed E-state index contributed by atoms with van der Waals surface area (Å²) >= 11 is 0. The molecule has 0 amide bonds. The molecule has 0 aliphatic carbocycles. The average Bonchev–Trinajstić information content (AvgIpc) is 2.74. The van der Waals surface area contributed by atoms with E-state index in [2.05, 4.69) is 11.8 Å². The predicted molar refractivity (Wildman–Crippen MR) is 112 cm³/mol. The molecular weight excluding hydrogens is 368 g/mol. The summed E-state index contributed by atoms with van der Waals surface area (Å²) in [6, 6.07) is 14.3. The van der Waals surface area contributed by atoms with Gasteiger partial charge in [0, 0.05) is 24.4 Å². The normalized spacial score (nSPS) is 18.8. The van der Waals surface area contributed by atoms with Crippen molar-refractivity contribution >= 4 is 28.3 Å². The average molecular weight is 394 g/mol. The van der Waals surface area contributed by atoms with E-state index < -0.39 is 24.6 Å². The minimum atomic E-state index is -1.29. The van der Waals surface area contributed by atoms with E-state index >= 15 is 0 Å². The molecule has 0 aromatic heterocycles. The van der Waals surface area contributed by atoms with Crippen LogP contribution < -0.4 is 4.90 Å². The van der Waals surface area contributed by atoms with E-state index in [1.807, 2.05) is 42.5 Å². The first-order valence-corrected chi connectivity index (χ1v) is 9.86. The van der Waals surface area contributed by atoms with Crippen LogP contribution in [0.4, 0.5) is 5.69 Å². The molecule has 0 spiro atoms. The second-order valence-electron chi connectivity index (χ2n) is 7.50. The van der Waals surface area contributed by atoms with Gasteiger partial charge in [-0.3, -0.25) is 4.79 Å². The number of anilines is 1. The number of carbonyl (C=O) groups excluding carboxylic acids is 1. The zero-order valence-electron chi connectivity index (χ0n) is 16.5. The van der Waals surface area contributed by atoms with Crippen molar-refractivity contribution in [1.29, 1.82) is 5.26 Å². The van der Waals surface area contributed by atoms with Crippen molar-refractivity contribution in [3.05, 3.63) is 47.5 Å². The van der Waals surface area contributed by atoms with E-state index in [1.165, 1.54) is 0 Å². The van der Waals surface area contributed by atoms with Crippen molar-refractivity contribution in [3.63, 3.8) is 0 Å². The Hall–Kier alpha value is -2.72. The molecule has 6 heteroatoms. The molecule has 3 rings (SSSR count). The number of nitrogens with zero attached hydrogens (tertiary/aromatic N) is 2. The fraction of sp³-hybridized carbons (Fsp3) is 0.391. The number of Topliss-reactive ketones (excluding diaryl/α,β-unsaturated/α-hetero) is 1. The SMILES string of the molecule is CC1CCN1c1c(/C=C(\C#N)C(=O)CCC(O)C(O)CO)ccc2ccccc12. The Bertz CT molecular complexity index is 963. The number of rotatable bonds is 8. The van der Waals surface area contributed by atoms with Gasteiger partial charge >= 0.3 is 0 Å². The van der Waals surface area contributed by atoms with Gasteiger partial charge in [-0.1, -0.05) is 36.4 Å². The molecule has 29 heavy (non-hydrogen) atoms. The minimum absolute atomic E-state index is 0.0143. The molecule has 1 aliphatic rings. The van der Waals surface area contributed by atoms with E-state index in [4.69, 9.17) is 5.11 Å². The first kappa shape index (κ1) is 21.0. The highest BCUT2D eigenvalue weighted by atomic mass is 16.4. The van der Waals surface area contributed by atoms with Crippen molar-refractivity contribution in [2.45, 2.75) is 44.4 Å². The number of benzene rings is 2. The number of hydrogen-bond donors (Lipinski definition) is 3. The van der Waals surface area contributed by atoms with Crippen LogP contribution in [0, 0.1) is 11.3 Å². The Morgan fingerprint density at radius 2 is 2.03 bits per heavy atom. The Labute approximate surface area is 170 Å². The first-order valence-electron chi connectivity index (χ1n) is 9.86. The summed E-state index contributed by atoms with van der Waals surface area (Å²) in [7, 11) is 0. The number of ketones is 1. The van der Waals surface area contributed by atoms with E-state index in [0.29, 0.717) is 6.04 Å². The Morgan fingerprint density at radius 1 is 1.28 bits per heavy atom. The monoisotopic (exact) mass is 394 g/mol. The van der Waals surface area contributed by atoms with E-state index in [0.717, 1.165) is 35.0 Å². The Morgan fingerprint density at radius 3 is 2.66 bits per heavy atom. The van der Waals surface area contributed by atoms with Gasteiger partial charge in [0.2, 0.25) is 0 Å². The van der Waals surface area contributed by atoms with Crippen molar-refractivity contribution in [2.24, 2.45) is 0 Å². The third-order valence-electron chi connectivity index (χ3n) is 5.56. The van der Waals surface area contributed by atoms with Crippen molar-refractivity contribution in [2.75, 3.05) is 18.1 Å². The predicted octanol–water partition coefficient (Wildman–Crippen LogP) is 2.41. The van der Waals surface area contributed by atoms with Crippen LogP contribution in [0.25, 0.3) is 16.8 Å². The Balaban J connectivity index is 1.92. The third-order valence-corrected chi connectivity index (χ3v) is 5.56. The molecule has 3 atom stereocenters. The summed E-state index contributed by atoms with van der Waals surface area (Å²) in [5, 5.41) is 39.8. The standard InChI is InChI=1S/C23H26N2O4/c1-15-10-11-25(15)23-17(7-6-16-4-2-3-5-19(16)23)12-18(13-24)20(27)8-9-21(28)22(29)14-26/h2-7,12,15,21-22,26,28-29H,8-11,14H2,1H3/b18-12+. The van der Waals surface area contributed by atoms with Gasteiger partial charge in [0.25, 0.3) is 0 Å². The van der Waals surface area contributed by atoms with Gasteiger partial charge in [-0.05, 0) is 36.8 Å². The lowest BCUT2D eigenvalue weighted by molar-refractivity contribution is -0.116. The number of aliphatic hydroxyl groups is 3. The lowest BCUT2D eigenvalue weighted by atomic mass is 9.95. The van der Waals surface area contributed by atoms with E-state index in [9.17, 15) is 20.3 Å². The molecule has 1 fully saturated rings. The third kappa shape index (κ3) is 4.48. The van der Waals surface area contributed by atoms with Crippen LogP contribution in [0.1, 0.15) is 31.7 Å². The van der Waals surface area contributed by atoms with Crippen molar-refractivity contribution in [1.82, 2.24) is 0 Å². The number of allylic oxidation sites excluding steroid dienone is 1. The number of nitriles is 1. The summed E-state index contributed by atoms with van der Waals surface area (Å²) in [5.41, 5.74) is 1.86. The number of fused-ring (bicyclic) bond motifs is 1. The van der Waals surface area contributed by atoms with Crippen LogP contribution in [0.3, 0.4) is 0 Å². The van der Waals surface area contributed by atoms with Crippen LogP contribution >= 0.6 is 0 Å². The number of hydrogen-bond acceptors (Lipinski definition) is 6. The van der Waals surface area contributed by atoms with Crippen molar-refractivity contribution in [3.8, 4) is 6.07 Å². The quantitative estimate of drug-likeness (QED) is 0.469. The molecule has 3 unspecified atom stereocenters. The maximum Gasteiger partial charge on any atom is 0.173 e. The van der Waals surface area contributed by atoms with Crippen LogP contribution in [0.2, 0.25) is 0 Å². The topological polar surface area (TPSA) is 105 Å². The summed E-state index contributed by atoms with van der Waals surface area (Å²) < 4.78 is 0. The van der Waals surface area contributed by atoms with Crippen molar-refractivity contribution < 1.29 is 20.1 Å². The van der Waals surface area contributed by atoms with Crippen LogP contribution in [-0.4, -0.2) is 52.5 Å². The van der Waals surface area contributed by atoms with Gasteiger partial charge in [-0.2, -0.15) is 5.26 Å². The highest BCUT2D eigenvalue weighted by Crippen LogP contribution is 2.37. The molecule has 152 valence electrons. The van der Waals surface area contributed by atoms with Gasteiger partial charge in [-0.15, -0.1) is 0 Å². The molecule has 3 N–H and O–H groups in total. The summed E-state index contributed by atoms with van der Waals surface area (Å²) in [4.78, 5) is 14.8. The molecule has 6 nitrogen and oxygen atoms in total. The fourth-order valence-electron chi connectivity index (χ4n) is 3.62. The van der Waals surface area contributed by atoms with E-state index in [-0.39, 0.29) is 18.4 Å². The van der Waals surface area contributed by atoms with Crippen LogP contribution in [0.15, 0.2) is 42.0 Å². The van der Waals surface area contributed by atoms with Crippen LogP contribution in [-0.2, 0) is 4.79 Å². The second-order valence-corrected chi connectivity index (χ2v) is 7.50. The maximum atomic E-state index is 12.5. The van der Waals surface area contributed by atoms with Gasteiger partial charge in [0.05, 0.1) is 24.0 Å². The van der Waals surface area contributed by atoms with Gasteiger partial charge in [0.1, 0.15) is 12.2 Å². The highest BCUT2D eigenvalue weighted by Gasteiger charge is 2.27. The fourth-order valence-corrected chi connectivity index (χ4v) is 3.62. The zero-order valence-corrected chi connectivity index (χ0v) is 16.5. The first-order chi connectivity index (χ1) is 14.0. The molecular formula is C23H26N2O4. The largest absolute Gasteiger partial charge is 0.394 e. The second kappa shape index (κ2) is 9.19. The lowest BCUT2D eigenvalue weighted by Gasteiger charge is -2.42. The molecule has 1 heterocycles. The highest BCUT2D eigenvalue weighted by molar-refractivity contribution is 6.06. The molecule has 1 saturated heterocycles. The van der Waals surface area contributed by atoms with Gasteiger partial charge in [-0.25, -0.2) is 0 Å². The minimum Gasteiger partial charge on any atom is -0.394 e. The molecule has 2 aromatic rings. The molecule has 0 radical (unpaired) electrons. The maximum absolute atomic E-state index is 12.5. The summed E-state index contributed by atoms with van der Waals surface area (Å²) in [5.74, 6) is -0.396. The zero-order chi connectivity index (χ0) is 21.0. The molecule has 2 aromatic carbocycles. The van der Waals surface area contributed by atoms with Crippen LogP contribution in [0.5, 0.6) is 0 Å². The Kier molecular flexibility index (Phi) is 6.65. The molecule has 0 saturated carbocycles. The van der Waals surface area contributed by atoms with E-state index in [1.54, 1.807) is 6.08 Å². The molecule has 1 aliphatic heterocycles. The number of aliphatic hydroxyl groups excluding tert-OH is 3. The summed E-state index contributed by atoms with van der Waals surface area (Å²) in [6.45, 7) is 2.50. The van der Waals surface area contributed by atoms with Gasteiger partial charge < -0.3 is 20.2 Å². The number of carbonyl (C=O) groups is 1. The van der Waals surface area contributed by atoms with Gasteiger partial charge in [0.15, 0.2) is 5.78 Å². The smallest absolute Gasteiger partial charge is 0.173 e. The summed E-state index contributed by atoms with van der Waals surface area (Å²) in [6.07, 6.45) is 0.110. The lowest BCUT2D eigenvalue weighted by Crippen LogP contribution is -2.46.